The number of hydrogen-bond donors (Lipinski definition) is 1. The van der Waals surface area contributed by atoms with Crippen molar-refractivity contribution in [2.24, 2.45) is 0 Å². The van der Waals surface area contributed by atoms with Crippen LogP contribution in [-0.2, 0) is 0 Å². The number of anilines is 1. The fraction of sp³-hybridized carbons (Fsp3) is 0. The highest BCUT2D eigenvalue weighted by Crippen LogP contribution is 2.25. The van der Waals surface area contributed by atoms with Gasteiger partial charge in [0.15, 0.2) is 5.82 Å². The maximum Gasteiger partial charge on any atom is 0.263 e. The van der Waals surface area contributed by atoms with Gasteiger partial charge in [-0.15, -0.1) is 0 Å². The molecule has 2 heterocycles. The first kappa shape index (κ1) is 17.2. The number of nitrogens with zero attached hydrogens (tertiary/aromatic N) is 4. The molecule has 6 heteroatoms. The Kier molecular flexibility index (Phi) is 4.40. The Bertz CT molecular complexity index is 1260. The molecular weight excluding hydrogens is 350 g/mol. The molecule has 4 rings (SSSR count). The zero-order valence-electron chi connectivity index (χ0n) is 14.8. The van der Waals surface area contributed by atoms with Crippen LogP contribution in [0.15, 0.2) is 84.0 Å². The fourth-order valence-corrected chi connectivity index (χ4v) is 3.03. The molecule has 0 aliphatic rings. The van der Waals surface area contributed by atoms with E-state index in [0.717, 1.165) is 0 Å². The van der Waals surface area contributed by atoms with E-state index in [1.807, 2.05) is 0 Å². The molecule has 6 nitrogen and oxygen atoms in total. The van der Waals surface area contributed by atoms with Gasteiger partial charge in [-0.25, -0.2) is 9.97 Å². The number of nitrogen functional groups attached to an aromatic ring is 1. The highest BCUT2D eigenvalue weighted by molar-refractivity contribution is 5.74. The minimum Gasteiger partial charge on any atom is -0.399 e. The summed E-state index contributed by atoms with van der Waals surface area (Å²) in [6, 6.07) is 19.7. The SMILES string of the molecule is N#Cc1ccccc1-c1cc(-c2ncccn2)cn(-c2cccc(N)c2)c1=O. The van der Waals surface area contributed by atoms with Crippen molar-refractivity contribution in [2.75, 3.05) is 5.73 Å². The number of aromatic nitrogens is 3. The highest BCUT2D eigenvalue weighted by Gasteiger charge is 2.15. The van der Waals surface area contributed by atoms with Crippen LogP contribution in [0.4, 0.5) is 5.69 Å². The standard InChI is InChI=1S/C22H15N5O/c23-13-15-5-1-2-8-19(15)20-11-16(21-25-9-4-10-26-21)14-27(22(20)28)18-7-3-6-17(24)12-18/h1-12,14H,24H2. The first-order valence-electron chi connectivity index (χ1n) is 8.57. The Morgan fingerprint density at radius 3 is 2.46 bits per heavy atom. The second-order valence-corrected chi connectivity index (χ2v) is 6.14. The number of benzene rings is 2. The van der Waals surface area contributed by atoms with E-state index in [2.05, 4.69) is 16.0 Å². The van der Waals surface area contributed by atoms with Crippen LogP contribution in [0, 0.1) is 11.3 Å². The largest absolute Gasteiger partial charge is 0.399 e. The molecule has 0 unspecified atom stereocenters. The Labute approximate surface area is 161 Å². The lowest BCUT2D eigenvalue weighted by atomic mass is 10.00. The molecule has 2 aromatic carbocycles. The second-order valence-electron chi connectivity index (χ2n) is 6.14. The molecule has 2 aromatic heterocycles. The minimum atomic E-state index is -0.256. The van der Waals surface area contributed by atoms with E-state index >= 15 is 0 Å². The van der Waals surface area contributed by atoms with E-state index in [-0.39, 0.29) is 5.56 Å². The summed E-state index contributed by atoms with van der Waals surface area (Å²) >= 11 is 0. The Morgan fingerprint density at radius 2 is 1.71 bits per heavy atom. The van der Waals surface area contributed by atoms with Crippen molar-refractivity contribution >= 4 is 5.69 Å². The molecule has 0 saturated heterocycles. The molecule has 0 atom stereocenters. The number of nitrogens with two attached hydrogens (primary N) is 1. The van der Waals surface area contributed by atoms with Crippen LogP contribution in [0.1, 0.15) is 5.56 Å². The van der Waals surface area contributed by atoms with Gasteiger partial charge in [-0.1, -0.05) is 24.3 Å². The monoisotopic (exact) mass is 365 g/mol. The molecule has 0 fully saturated rings. The molecule has 0 spiro atoms. The van der Waals surface area contributed by atoms with Crippen molar-refractivity contribution in [3.63, 3.8) is 0 Å². The summed E-state index contributed by atoms with van der Waals surface area (Å²) in [5.74, 6) is 0.482. The molecule has 2 N–H and O–H groups in total. The van der Waals surface area contributed by atoms with Crippen LogP contribution in [0.25, 0.3) is 28.2 Å². The predicted octanol–water partition coefficient (Wildman–Crippen LogP) is 3.42. The third kappa shape index (κ3) is 3.13. The lowest BCUT2D eigenvalue weighted by Gasteiger charge is -2.13. The van der Waals surface area contributed by atoms with Crippen molar-refractivity contribution in [3.05, 3.63) is 95.2 Å². The molecule has 0 amide bonds. The smallest absolute Gasteiger partial charge is 0.263 e. The number of nitriles is 1. The second kappa shape index (κ2) is 7.17. The van der Waals surface area contributed by atoms with Crippen LogP contribution < -0.4 is 11.3 Å². The van der Waals surface area contributed by atoms with Crippen LogP contribution in [-0.4, -0.2) is 14.5 Å². The molecule has 0 aliphatic heterocycles. The molecule has 0 saturated carbocycles. The first-order chi connectivity index (χ1) is 13.7. The van der Waals surface area contributed by atoms with Gasteiger partial charge < -0.3 is 5.73 Å². The summed E-state index contributed by atoms with van der Waals surface area (Å²) in [6.07, 6.45) is 4.97. The fourth-order valence-electron chi connectivity index (χ4n) is 3.03. The Morgan fingerprint density at radius 1 is 0.929 bits per heavy atom. The predicted molar refractivity (Wildman–Crippen MR) is 108 cm³/mol. The van der Waals surface area contributed by atoms with Gasteiger partial charge in [0.05, 0.1) is 17.3 Å². The minimum absolute atomic E-state index is 0.256. The number of pyridine rings is 1. The number of hydrogen-bond acceptors (Lipinski definition) is 5. The zero-order chi connectivity index (χ0) is 19.5. The maximum absolute atomic E-state index is 13.3. The van der Waals surface area contributed by atoms with Gasteiger partial charge in [-0.05, 0) is 36.4 Å². The summed E-state index contributed by atoms with van der Waals surface area (Å²) in [5, 5.41) is 9.48. The average molecular weight is 365 g/mol. The van der Waals surface area contributed by atoms with Crippen molar-refractivity contribution < 1.29 is 0 Å². The van der Waals surface area contributed by atoms with Crippen LogP contribution in [0.2, 0.25) is 0 Å². The van der Waals surface area contributed by atoms with E-state index in [4.69, 9.17) is 5.73 Å². The quantitative estimate of drug-likeness (QED) is 0.561. The lowest BCUT2D eigenvalue weighted by molar-refractivity contribution is 0.990. The lowest BCUT2D eigenvalue weighted by Crippen LogP contribution is -2.20. The van der Waals surface area contributed by atoms with Gasteiger partial charge >= 0.3 is 0 Å². The maximum atomic E-state index is 13.3. The first-order valence-corrected chi connectivity index (χ1v) is 8.57. The molecule has 28 heavy (non-hydrogen) atoms. The third-order valence-corrected chi connectivity index (χ3v) is 4.33. The van der Waals surface area contributed by atoms with E-state index in [1.54, 1.807) is 79.3 Å². The molecular formula is C22H15N5O. The summed E-state index contributed by atoms with van der Waals surface area (Å²) in [4.78, 5) is 21.9. The van der Waals surface area contributed by atoms with E-state index in [1.165, 1.54) is 4.57 Å². The van der Waals surface area contributed by atoms with E-state index in [0.29, 0.717) is 39.5 Å². The topological polar surface area (TPSA) is 97.6 Å². The van der Waals surface area contributed by atoms with Gasteiger partial charge in [0.25, 0.3) is 5.56 Å². The van der Waals surface area contributed by atoms with Gasteiger partial charge in [0.2, 0.25) is 0 Å². The van der Waals surface area contributed by atoms with E-state index in [9.17, 15) is 10.1 Å². The zero-order valence-corrected chi connectivity index (χ0v) is 14.8. The summed E-state index contributed by atoms with van der Waals surface area (Å²) in [7, 11) is 0. The summed E-state index contributed by atoms with van der Waals surface area (Å²) in [6.45, 7) is 0. The molecule has 0 bridgehead atoms. The highest BCUT2D eigenvalue weighted by atomic mass is 16.1. The summed E-state index contributed by atoms with van der Waals surface area (Å²) < 4.78 is 1.51. The molecule has 4 aromatic rings. The van der Waals surface area contributed by atoms with Gasteiger partial charge in [0, 0.05) is 41.0 Å². The molecule has 134 valence electrons. The van der Waals surface area contributed by atoms with Crippen molar-refractivity contribution in [1.29, 1.82) is 5.26 Å². The van der Waals surface area contributed by atoms with Crippen molar-refractivity contribution in [1.82, 2.24) is 14.5 Å². The Balaban J connectivity index is 2.05. The van der Waals surface area contributed by atoms with Gasteiger partial charge in [-0.2, -0.15) is 5.26 Å². The van der Waals surface area contributed by atoms with Crippen molar-refractivity contribution in [2.45, 2.75) is 0 Å². The molecule has 0 aliphatic carbocycles. The van der Waals surface area contributed by atoms with Crippen LogP contribution >= 0.6 is 0 Å². The molecule has 0 radical (unpaired) electrons. The van der Waals surface area contributed by atoms with Crippen molar-refractivity contribution in [3.8, 4) is 34.3 Å². The normalized spacial score (nSPS) is 10.4. The summed E-state index contributed by atoms with van der Waals surface area (Å²) in [5.41, 5.74) is 8.85. The van der Waals surface area contributed by atoms with Gasteiger partial charge in [-0.3, -0.25) is 9.36 Å². The van der Waals surface area contributed by atoms with E-state index < -0.39 is 0 Å². The number of rotatable bonds is 3. The Hall–Kier alpha value is -4.24. The van der Waals surface area contributed by atoms with Gasteiger partial charge in [0.1, 0.15) is 0 Å². The van der Waals surface area contributed by atoms with Crippen LogP contribution in [0.5, 0.6) is 0 Å². The third-order valence-electron chi connectivity index (χ3n) is 4.33. The van der Waals surface area contributed by atoms with Crippen LogP contribution in [0.3, 0.4) is 0 Å². The average Bonchev–Trinajstić information content (AvgIpc) is 2.74.